The lowest BCUT2D eigenvalue weighted by atomic mass is 10.2. The van der Waals surface area contributed by atoms with Crippen molar-refractivity contribution in [2.24, 2.45) is 5.73 Å². The van der Waals surface area contributed by atoms with E-state index in [4.69, 9.17) is 10.5 Å². The third kappa shape index (κ3) is 2.95. The van der Waals surface area contributed by atoms with Crippen LogP contribution in [0.3, 0.4) is 0 Å². The molecule has 0 saturated heterocycles. The van der Waals surface area contributed by atoms with Gasteiger partial charge in [-0.2, -0.15) is 0 Å². The van der Waals surface area contributed by atoms with Crippen LogP contribution in [0.4, 0.5) is 4.79 Å². The van der Waals surface area contributed by atoms with Crippen LogP contribution in [0.5, 0.6) is 5.75 Å². The van der Waals surface area contributed by atoms with E-state index in [1.54, 1.807) is 12.1 Å². The van der Waals surface area contributed by atoms with Gasteiger partial charge >= 0.3 is 6.03 Å². The monoisotopic (exact) mass is 272 g/mol. The number of imide groups is 1. The SMILES string of the molecule is COc1cc(Br)ccc1C(=O)NC(N)=O. The molecule has 80 valence electrons. The summed E-state index contributed by atoms with van der Waals surface area (Å²) in [4.78, 5) is 21.9. The smallest absolute Gasteiger partial charge is 0.319 e. The number of amides is 3. The summed E-state index contributed by atoms with van der Waals surface area (Å²) < 4.78 is 5.76. The molecule has 0 spiro atoms. The number of hydrogen-bond acceptors (Lipinski definition) is 3. The van der Waals surface area contributed by atoms with Gasteiger partial charge < -0.3 is 10.5 Å². The van der Waals surface area contributed by atoms with Crippen LogP contribution in [0.25, 0.3) is 0 Å². The maximum Gasteiger partial charge on any atom is 0.319 e. The summed E-state index contributed by atoms with van der Waals surface area (Å²) in [5.74, 6) is -0.227. The first-order chi connectivity index (χ1) is 7.04. The van der Waals surface area contributed by atoms with Crippen molar-refractivity contribution in [1.29, 1.82) is 0 Å². The van der Waals surface area contributed by atoms with Crippen LogP contribution in [0.1, 0.15) is 10.4 Å². The first kappa shape index (κ1) is 11.5. The molecule has 0 aliphatic carbocycles. The Kier molecular flexibility index (Phi) is 3.68. The summed E-state index contributed by atoms with van der Waals surface area (Å²) in [6.45, 7) is 0. The third-order valence-electron chi connectivity index (χ3n) is 1.64. The fourth-order valence-corrected chi connectivity index (χ4v) is 1.37. The number of nitrogens with one attached hydrogen (secondary N) is 1. The second-order valence-corrected chi connectivity index (χ2v) is 3.58. The molecule has 0 unspecified atom stereocenters. The highest BCUT2D eigenvalue weighted by Crippen LogP contribution is 2.23. The van der Waals surface area contributed by atoms with Crippen molar-refractivity contribution in [2.75, 3.05) is 7.11 Å². The first-order valence-corrected chi connectivity index (χ1v) is 4.78. The third-order valence-corrected chi connectivity index (χ3v) is 2.14. The molecule has 6 heteroatoms. The van der Waals surface area contributed by atoms with Crippen molar-refractivity contribution >= 4 is 27.9 Å². The number of primary amides is 1. The molecule has 0 aliphatic heterocycles. The fourth-order valence-electron chi connectivity index (χ4n) is 1.03. The Morgan fingerprint density at radius 1 is 1.47 bits per heavy atom. The molecule has 1 aromatic carbocycles. The van der Waals surface area contributed by atoms with Crippen LogP contribution in [0, 0.1) is 0 Å². The zero-order chi connectivity index (χ0) is 11.4. The number of hydrogen-bond donors (Lipinski definition) is 2. The molecule has 0 saturated carbocycles. The Morgan fingerprint density at radius 3 is 2.67 bits per heavy atom. The second kappa shape index (κ2) is 4.79. The fraction of sp³-hybridized carbons (Fsp3) is 0.111. The van der Waals surface area contributed by atoms with Crippen molar-refractivity contribution in [3.63, 3.8) is 0 Å². The number of benzene rings is 1. The van der Waals surface area contributed by atoms with Crippen LogP contribution in [0.2, 0.25) is 0 Å². The van der Waals surface area contributed by atoms with E-state index in [2.05, 4.69) is 15.9 Å². The van der Waals surface area contributed by atoms with Gasteiger partial charge in [-0.15, -0.1) is 0 Å². The predicted octanol–water partition coefficient (Wildman–Crippen LogP) is 1.27. The minimum atomic E-state index is -0.898. The molecule has 0 atom stereocenters. The molecule has 1 rings (SSSR count). The van der Waals surface area contributed by atoms with Crippen LogP contribution in [-0.4, -0.2) is 19.0 Å². The van der Waals surface area contributed by atoms with Crippen LogP contribution in [-0.2, 0) is 0 Å². The summed E-state index contributed by atoms with van der Waals surface area (Å²) >= 11 is 3.23. The molecule has 5 nitrogen and oxygen atoms in total. The van der Waals surface area contributed by atoms with E-state index in [1.807, 2.05) is 5.32 Å². The lowest BCUT2D eigenvalue weighted by molar-refractivity contribution is 0.0963. The van der Waals surface area contributed by atoms with E-state index < -0.39 is 11.9 Å². The molecule has 0 radical (unpaired) electrons. The highest BCUT2D eigenvalue weighted by molar-refractivity contribution is 9.10. The lowest BCUT2D eigenvalue weighted by Crippen LogP contribution is -2.35. The number of ether oxygens (including phenoxy) is 1. The van der Waals surface area contributed by atoms with Gasteiger partial charge in [-0.05, 0) is 18.2 Å². The first-order valence-electron chi connectivity index (χ1n) is 3.99. The molecular formula is C9H9BrN2O3. The molecule has 0 aliphatic rings. The molecule has 3 N–H and O–H groups in total. The highest BCUT2D eigenvalue weighted by atomic mass is 79.9. The Hall–Kier alpha value is -1.56. The van der Waals surface area contributed by atoms with Gasteiger partial charge in [0.1, 0.15) is 5.75 Å². The van der Waals surface area contributed by atoms with Crippen LogP contribution in [0.15, 0.2) is 22.7 Å². The van der Waals surface area contributed by atoms with Crippen molar-refractivity contribution in [3.05, 3.63) is 28.2 Å². The largest absolute Gasteiger partial charge is 0.496 e. The Balaban J connectivity index is 3.02. The number of rotatable bonds is 2. The number of halogens is 1. The van der Waals surface area contributed by atoms with Gasteiger partial charge in [0.2, 0.25) is 0 Å². The Bertz CT molecular complexity index is 406. The molecular weight excluding hydrogens is 264 g/mol. The van der Waals surface area contributed by atoms with E-state index in [1.165, 1.54) is 13.2 Å². The van der Waals surface area contributed by atoms with E-state index in [0.29, 0.717) is 5.75 Å². The molecule has 0 bridgehead atoms. The van der Waals surface area contributed by atoms with E-state index in [9.17, 15) is 9.59 Å². The average Bonchev–Trinajstić information content (AvgIpc) is 2.16. The van der Waals surface area contributed by atoms with Gasteiger partial charge in [-0.3, -0.25) is 10.1 Å². The minimum Gasteiger partial charge on any atom is -0.496 e. The van der Waals surface area contributed by atoms with Gasteiger partial charge in [-0.25, -0.2) is 4.79 Å². The van der Waals surface area contributed by atoms with Crippen molar-refractivity contribution < 1.29 is 14.3 Å². The second-order valence-electron chi connectivity index (χ2n) is 2.66. The minimum absolute atomic E-state index is 0.250. The zero-order valence-electron chi connectivity index (χ0n) is 7.91. The van der Waals surface area contributed by atoms with Gasteiger partial charge in [0.15, 0.2) is 0 Å². The predicted molar refractivity (Wildman–Crippen MR) is 57.7 cm³/mol. The lowest BCUT2D eigenvalue weighted by Gasteiger charge is -2.07. The molecule has 1 aromatic rings. The molecule has 3 amide bonds. The van der Waals surface area contributed by atoms with E-state index in [0.717, 1.165) is 4.47 Å². The van der Waals surface area contributed by atoms with E-state index in [-0.39, 0.29) is 5.56 Å². The maximum atomic E-state index is 11.4. The summed E-state index contributed by atoms with van der Waals surface area (Å²) in [5.41, 5.74) is 5.08. The maximum absolute atomic E-state index is 11.4. The molecule has 0 heterocycles. The van der Waals surface area contributed by atoms with Crippen molar-refractivity contribution in [1.82, 2.24) is 5.32 Å². The number of urea groups is 1. The van der Waals surface area contributed by atoms with Crippen LogP contribution >= 0.6 is 15.9 Å². The van der Waals surface area contributed by atoms with Gasteiger partial charge in [0.05, 0.1) is 12.7 Å². The topological polar surface area (TPSA) is 81.4 Å². The summed E-state index contributed by atoms with van der Waals surface area (Å²) in [5, 5.41) is 1.96. The van der Waals surface area contributed by atoms with Gasteiger partial charge in [0, 0.05) is 4.47 Å². The average molecular weight is 273 g/mol. The van der Waals surface area contributed by atoms with E-state index >= 15 is 0 Å². The summed E-state index contributed by atoms with van der Waals surface area (Å²) in [6.07, 6.45) is 0. The molecule has 0 fully saturated rings. The quantitative estimate of drug-likeness (QED) is 0.851. The Labute approximate surface area is 94.7 Å². The van der Waals surface area contributed by atoms with Gasteiger partial charge in [0.25, 0.3) is 5.91 Å². The summed E-state index contributed by atoms with van der Waals surface area (Å²) in [6, 6.07) is 3.92. The summed E-state index contributed by atoms with van der Waals surface area (Å²) in [7, 11) is 1.43. The number of carbonyl (C=O) groups is 2. The number of nitrogens with two attached hydrogens (primary N) is 1. The molecule has 15 heavy (non-hydrogen) atoms. The standard InChI is InChI=1S/C9H9BrN2O3/c1-15-7-4-5(10)2-3-6(7)8(13)12-9(11)14/h2-4H,1H3,(H3,11,12,13,14). The zero-order valence-corrected chi connectivity index (χ0v) is 9.50. The number of methoxy groups -OCH3 is 1. The highest BCUT2D eigenvalue weighted by Gasteiger charge is 2.13. The van der Waals surface area contributed by atoms with Gasteiger partial charge in [-0.1, -0.05) is 15.9 Å². The normalized spacial score (nSPS) is 9.47. The van der Waals surface area contributed by atoms with Crippen LogP contribution < -0.4 is 15.8 Å². The van der Waals surface area contributed by atoms with Crippen molar-refractivity contribution in [2.45, 2.75) is 0 Å². The van der Waals surface area contributed by atoms with Crippen molar-refractivity contribution in [3.8, 4) is 5.75 Å². The molecule has 0 aromatic heterocycles. The Morgan fingerprint density at radius 2 is 2.13 bits per heavy atom. The number of carbonyl (C=O) groups excluding carboxylic acids is 2.